The van der Waals surface area contributed by atoms with Crippen molar-refractivity contribution in [3.05, 3.63) is 171 Å². The third kappa shape index (κ3) is 30.4. The van der Waals surface area contributed by atoms with Gasteiger partial charge in [0.25, 0.3) is 10.0 Å². The molecule has 3 spiro atoms. The molecule has 4 aromatic rings. The van der Waals surface area contributed by atoms with Gasteiger partial charge in [-0.3, -0.25) is 14.3 Å². The lowest BCUT2D eigenvalue weighted by Gasteiger charge is -2.42. The van der Waals surface area contributed by atoms with Crippen LogP contribution >= 0.6 is 0 Å². The summed E-state index contributed by atoms with van der Waals surface area (Å²) in [4.78, 5) is 72.2. The number of nitrogens with one attached hydrogen (secondary N) is 2. The van der Waals surface area contributed by atoms with Crippen molar-refractivity contribution in [3.8, 4) is 11.5 Å². The summed E-state index contributed by atoms with van der Waals surface area (Å²) in [5, 5.41) is 12.8. The summed E-state index contributed by atoms with van der Waals surface area (Å²) in [5.74, 6) is -1.03. The lowest BCUT2D eigenvalue weighted by atomic mass is 9.68. The smallest absolute Gasteiger partial charge is 0.338 e. The first-order chi connectivity index (χ1) is 67.2. The number of fused-ring (bicyclic) bond motifs is 1. The maximum absolute atomic E-state index is 13.2. The molecule has 1 amide bonds. The van der Waals surface area contributed by atoms with E-state index >= 15 is 0 Å². The Bertz CT molecular complexity index is 5080. The highest BCUT2D eigenvalue weighted by molar-refractivity contribution is 7.92. The SMILES string of the molecule is CCN(CC)C/C=C\c1ccccc1S(=O)(=O)Nc1ccc2c(c1C(=O)O)CCCC2.CCN(CC)CCOc1ccc(/C=C/C(=O)O[C@@H]2CC[C@]3(CO3)[C@@H]([C@@]3(C)O[C@@H]3CC=C(C)C)[C@@H]2OC)cc1.CO[C@@H]1[C@H](OC(=O)/C=C/c2ccc(OCCN(C)C)cc2)CCC2(CO2)[C@H]1[C@@]1(C)O[C@@H]1CC=C(C)C.CO[C@@H]1[C@H](OC(=O)C[C@@H](C(=O)NCCCN(C)C)C(C)C)CC[C@]2(CO2)[C@H]1[C@@]1(C)O[C@@H]1CC=C(C)C. The fourth-order valence-electron chi connectivity index (χ4n) is 21.2. The monoisotopic (exact) mass is 1980 g/mol. The number of methoxy groups -OCH3 is 3. The summed E-state index contributed by atoms with van der Waals surface area (Å²) >= 11 is 0. The van der Waals surface area contributed by atoms with Crippen molar-refractivity contribution in [2.75, 3.05) is 146 Å². The fraction of sp³-hybridized carbons (Fsp3) is 0.634. The van der Waals surface area contributed by atoms with Crippen molar-refractivity contribution in [1.82, 2.24) is 24.9 Å². The largest absolute Gasteiger partial charge is 0.492 e. The number of carbonyl (C=O) groups excluding carboxylic acids is 4. The Morgan fingerprint density at radius 1 is 0.539 bits per heavy atom. The number of hydrogen-bond donors (Lipinski definition) is 3. The van der Waals surface area contributed by atoms with Crippen molar-refractivity contribution in [2.45, 2.75) is 294 Å². The molecule has 0 aromatic heterocycles. The molecule has 6 saturated heterocycles. The quantitative estimate of drug-likeness (QED) is 0.00924. The Morgan fingerprint density at radius 3 is 1.37 bits per heavy atom. The number of esters is 3. The maximum Gasteiger partial charge on any atom is 0.338 e. The Kier molecular flexibility index (Phi) is 40.8. The molecule has 1 unspecified atom stereocenters. The van der Waals surface area contributed by atoms with Crippen molar-refractivity contribution in [1.29, 1.82) is 0 Å². The molecular weight excluding hydrogens is 1810 g/mol. The first kappa shape index (κ1) is 113. The first-order valence-corrected chi connectivity index (χ1v) is 52.7. The minimum atomic E-state index is -3.97. The predicted molar refractivity (Wildman–Crippen MR) is 550 cm³/mol. The normalized spacial score (nSPS) is 28.8. The minimum absolute atomic E-state index is 0.0142. The second-order valence-corrected chi connectivity index (χ2v) is 43.3. The van der Waals surface area contributed by atoms with E-state index < -0.39 is 21.9 Å². The van der Waals surface area contributed by atoms with Gasteiger partial charge in [-0.05, 0) is 295 Å². The number of rotatable bonds is 46. The van der Waals surface area contributed by atoms with Gasteiger partial charge in [-0.1, -0.05) is 137 Å². The molecule has 19 atom stereocenters. The van der Waals surface area contributed by atoms with E-state index in [1.165, 1.54) is 34.9 Å². The standard InChI is InChI=1S/C31H45NO6.C29H41NO6.C28H48N2O6.C24H30N2O4S/c1-7-32(8-2)19-20-35-24-13-10-23(11-14-24)12-16-27(33)37-25-17-18-31(21-36-31)29(28(25)34-6)30(5)26(38-30)15-9-22(3)4;1-20(2)7-13-24-28(3,36-24)27-26(32-6)23(15-16-29(27)19-34-29)35-25(31)14-10-21-8-11-22(12-9-21)33-18-17-30(4)5;1-18(2)10-11-22-27(5,36-22)25-24(33-8)21(12-13-28(25)17-34-28)35-23(31)16-20(19(3)4)26(32)29-14-9-15-30(6)7;1-3-26(4-2)17-9-12-19-11-6-8-14-22(19)31(29,30)25-21-16-15-18-10-5-7-13-20(18)23(21)24(27)28/h9-14,16,25-26,28-29H,7-8,15,17-21H2,1-6H3;7-12,14,23-24,26-27H,13,15-19H2,1-6H3;10,19-22,24-25H,9,11-17H2,1-8H3,(H,29,32);6,8-9,11-12,14-16,25H,3-5,7,10,13,17H2,1-2H3,(H,27,28)/b16-12+;14-10+;;12-9-/t25-,26-,28-,29-,30+,31+;23-,24-,26-,27-,28+,29?;20-,21-,22-,24-,25-,27+,28+;/m111./s1. The van der Waals surface area contributed by atoms with Crippen LogP contribution in [0.5, 0.6) is 11.5 Å². The number of allylic oxidation sites excluding steroid dienone is 3. The van der Waals surface area contributed by atoms with Crippen molar-refractivity contribution in [3.63, 3.8) is 0 Å². The van der Waals surface area contributed by atoms with Gasteiger partial charge in [0.2, 0.25) is 5.91 Å². The van der Waals surface area contributed by atoms with Crippen LogP contribution < -0.4 is 19.5 Å². The van der Waals surface area contributed by atoms with Gasteiger partial charge in [0.1, 0.15) is 94.9 Å². The number of aryl methyl sites for hydroxylation is 1. The molecule has 780 valence electrons. The number of likely N-dealkylation sites (N-methyl/N-ethyl adjacent to an activating group) is 3. The summed E-state index contributed by atoms with van der Waals surface area (Å²) in [6, 6.07) is 25.6. The molecule has 4 aliphatic carbocycles. The van der Waals surface area contributed by atoms with Gasteiger partial charge in [-0.15, -0.1) is 0 Å². The van der Waals surface area contributed by atoms with E-state index in [1.807, 2.05) is 103 Å². The number of carbonyl (C=O) groups is 5. The van der Waals surface area contributed by atoms with E-state index in [0.29, 0.717) is 70.8 Å². The van der Waals surface area contributed by atoms with Crippen molar-refractivity contribution in [2.24, 2.45) is 29.6 Å². The Balaban J connectivity index is 0.000000180. The number of benzene rings is 4. The highest BCUT2D eigenvalue weighted by atomic mass is 32.2. The highest BCUT2D eigenvalue weighted by Crippen LogP contribution is 2.63. The topological polar surface area (TPSA) is 326 Å². The van der Waals surface area contributed by atoms with Gasteiger partial charge in [0.15, 0.2) is 0 Å². The molecule has 6 aliphatic heterocycles. The number of carboxylic acids is 1. The van der Waals surface area contributed by atoms with E-state index in [9.17, 15) is 37.5 Å². The third-order valence-electron chi connectivity index (χ3n) is 29.9. The number of ether oxygens (including phenoxy) is 14. The van der Waals surface area contributed by atoms with E-state index in [1.54, 1.807) is 63.8 Å². The number of nitrogens with zero attached hydrogens (tertiary/aromatic N) is 4. The van der Waals surface area contributed by atoms with Crippen molar-refractivity contribution < 1.29 is 104 Å². The average Bonchev–Trinajstić information content (AvgIpc) is 1.54. The summed E-state index contributed by atoms with van der Waals surface area (Å²) < 4.78 is 113. The van der Waals surface area contributed by atoms with Gasteiger partial charge in [-0.2, -0.15) is 0 Å². The van der Waals surface area contributed by atoms with Crippen LogP contribution in [0.4, 0.5) is 5.69 Å². The van der Waals surface area contributed by atoms with Crippen LogP contribution in [0.15, 0.2) is 143 Å². The molecule has 9 fully saturated rings. The number of sulfonamides is 1. The molecule has 0 bridgehead atoms. The van der Waals surface area contributed by atoms with Gasteiger partial charge >= 0.3 is 23.9 Å². The van der Waals surface area contributed by atoms with E-state index in [0.717, 1.165) is 150 Å². The Morgan fingerprint density at radius 2 is 0.965 bits per heavy atom. The number of aromatic carboxylic acids is 1. The predicted octanol–water partition coefficient (Wildman–Crippen LogP) is 17.1. The second-order valence-electron chi connectivity index (χ2n) is 41.6. The van der Waals surface area contributed by atoms with Crippen LogP contribution in [-0.2, 0) is 98.9 Å². The van der Waals surface area contributed by atoms with Crippen molar-refractivity contribution >= 4 is 63.7 Å². The molecule has 10 aliphatic rings. The summed E-state index contributed by atoms with van der Waals surface area (Å²) in [7, 11) is 9.13. The van der Waals surface area contributed by atoms with Gasteiger partial charge < -0.3 is 96.3 Å². The van der Waals surface area contributed by atoms with Crippen LogP contribution in [0.3, 0.4) is 0 Å². The zero-order valence-corrected chi connectivity index (χ0v) is 88.9. The van der Waals surface area contributed by atoms with E-state index in [4.69, 9.17) is 66.3 Å². The molecule has 141 heavy (non-hydrogen) atoms. The minimum Gasteiger partial charge on any atom is -0.492 e. The molecule has 3 N–H and O–H groups in total. The molecule has 6 heterocycles. The number of amides is 1. The molecule has 4 aromatic carbocycles. The molecule has 3 saturated carbocycles. The van der Waals surface area contributed by atoms with Crippen LogP contribution in [0.25, 0.3) is 18.2 Å². The highest BCUT2D eigenvalue weighted by Gasteiger charge is 2.75. The molecule has 0 radical (unpaired) electrons. The number of epoxide rings is 6. The molecule has 29 heteroatoms. The Hall–Kier alpha value is -8.50. The van der Waals surface area contributed by atoms with Crippen LogP contribution in [0.2, 0.25) is 0 Å². The van der Waals surface area contributed by atoms with Gasteiger partial charge in [-0.25, -0.2) is 22.8 Å². The van der Waals surface area contributed by atoms with E-state index in [2.05, 4.69) is 138 Å². The number of anilines is 1. The zero-order valence-electron chi connectivity index (χ0n) is 88.1. The number of hydrogen-bond acceptors (Lipinski definition) is 25. The zero-order chi connectivity index (χ0) is 102. The Labute approximate surface area is 840 Å². The van der Waals surface area contributed by atoms with Crippen LogP contribution in [0, 0.1) is 29.6 Å². The van der Waals surface area contributed by atoms with Crippen LogP contribution in [-0.4, -0.2) is 293 Å². The lowest BCUT2D eigenvalue weighted by Crippen LogP contribution is -2.55. The van der Waals surface area contributed by atoms with E-state index in [-0.39, 0.29) is 159 Å². The maximum atomic E-state index is 13.2. The fourth-order valence-corrected chi connectivity index (χ4v) is 22.5. The van der Waals surface area contributed by atoms with Gasteiger partial charge in [0, 0.05) is 59.7 Å². The number of carboxylic acid groups (broad SMARTS) is 1. The first-order valence-electron chi connectivity index (χ1n) is 51.3. The lowest BCUT2D eigenvalue weighted by molar-refractivity contribution is -0.173. The van der Waals surface area contributed by atoms with Gasteiger partial charge in [0.05, 0.1) is 84.4 Å². The summed E-state index contributed by atoms with van der Waals surface area (Å²) in [5.41, 5.74) is 6.34. The molecular formula is C112H164N6O22S. The summed E-state index contributed by atoms with van der Waals surface area (Å²) in [6.07, 6.45) is 26.8. The third-order valence-corrected chi connectivity index (χ3v) is 31.3. The molecule has 28 nitrogen and oxygen atoms in total. The van der Waals surface area contributed by atoms with Crippen LogP contribution in [0.1, 0.15) is 226 Å². The average molecular weight is 1980 g/mol. The second kappa shape index (κ2) is 51.0. The summed E-state index contributed by atoms with van der Waals surface area (Å²) in [6.45, 7) is 42.7. The molecule has 14 rings (SSSR count).